The van der Waals surface area contributed by atoms with Crippen molar-refractivity contribution >= 4 is 22.8 Å². The van der Waals surface area contributed by atoms with Gasteiger partial charge in [0, 0.05) is 49.3 Å². The average Bonchev–Trinajstić information content (AvgIpc) is 2.76. The third kappa shape index (κ3) is 4.41. The average molecular weight is 386 g/mol. The van der Waals surface area contributed by atoms with E-state index in [2.05, 4.69) is 58.0 Å². The summed E-state index contributed by atoms with van der Waals surface area (Å²) >= 11 is 0. The quantitative estimate of drug-likeness (QED) is 0.646. The van der Waals surface area contributed by atoms with E-state index in [0.717, 1.165) is 54.4 Å². The zero-order valence-corrected chi connectivity index (χ0v) is 16.8. The first-order valence-corrected chi connectivity index (χ1v) is 9.91. The number of nitrogens with one attached hydrogen (secondary N) is 1. The lowest BCUT2D eigenvalue weighted by Gasteiger charge is -2.34. The Kier molecular flexibility index (Phi) is 5.49. The molecule has 1 aliphatic rings. The second kappa shape index (κ2) is 8.37. The van der Waals surface area contributed by atoms with Crippen molar-refractivity contribution in [1.82, 2.24) is 9.88 Å². The monoisotopic (exact) mass is 385 g/mol. The van der Waals surface area contributed by atoms with Crippen LogP contribution in [0.1, 0.15) is 5.56 Å². The van der Waals surface area contributed by atoms with Gasteiger partial charge in [-0.05, 0) is 49.0 Å². The summed E-state index contributed by atoms with van der Waals surface area (Å²) in [6.45, 7) is 8.53. The molecule has 5 nitrogen and oxygen atoms in total. The molecule has 5 heteroatoms. The smallest absolute Gasteiger partial charge is 0.0702 e. The lowest BCUT2D eigenvalue weighted by atomic mass is 10.1. The van der Waals surface area contributed by atoms with Gasteiger partial charge < -0.3 is 20.9 Å². The number of likely N-dealkylation sites (N-methyl/N-ethyl adjacent to an activating group) is 1. The van der Waals surface area contributed by atoms with Gasteiger partial charge >= 0.3 is 0 Å². The van der Waals surface area contributed by atoms with Crippen LogP contribution in [0.25, 0.3) is 17.0 Å². The standard InChI is InChI=1S/C24H27N5/c1-18(19-6-9-21(10-7-19)29-15-13-28(2)14-16-29)27-24-17-20(8-11-22(24)25)23-5-3-4-12-26-23/h3-12,17,27H,1,13-16,25H2,2H3. The van der Waals surface area contributed by atoms with Crippen LogP contribution in [0.2, 0.25) is 0 Å². The van der Waals surface area contributed by atoms with E-state index < -0.39 is 0 Å². The van der Waals surface area contributed by atoms with E-state index in [1.54, 1.807) is 6.20 Å². The van der Waals surface area contributed by atoms with Gasteiger partial charge in [0.15, 0.2) is 0 Å². The highest BCUT2D eigenvalue weighted by Crippen LogP contribution is 2.29. The fraction of sp³-hybridized carbons (Fsp3) is 0.208. The van der Waals surface area contributed by atoms with Crippen LogP contribution >= 0.6 is 0 Å². The van der Waals surface area contributed by atoms with E-state index in [1.165, 1.54) is 5.69 Å². The van der Waals surface area contributed by atoms with Gasteiger partial charge in [-0.2, -0.15) is 0 Å². The molecule has 2 heterocycles. The molecular formula is C24H27N5. The predicted molar refractivity (Wildman–Crippen MR) is 123 cm³/mol. The molecule has 0 aliphatic carbocycles. The summed E-state index contributed by atoms with van der Waals surface area (Å²) < 4.78 is 0. The molecule has 3 aromatic rings. The number of benzene rings is 2. The molecule has 2 aromatic carbocycles. The highest BCUT2D eigenvalue weighted by atomic mass is 15.2. The zero-order valence-electron chi connectivity index (χ0n) is 16.8. The van der Waals surface area contributed by atoms with Gasteiger partial charge in [0.05, 0.1) is 17.1 Å². The molecule has 0 bridgehead atoms. The number of nitrogens with zero attached hydrogens (tertiary/aromatic N) is 3. The summed E-state index contributed by atoms with van der Waals surface area (Å²) in [7, 11) is 2.17. The summed E-state index contributed by atoms with van der Waals surface area (Å²) in [6, 6.07) is 20.3. The number of nitrogens with two attached hydrogens (primary N) is 1. The number of pyridine rings is 1. The fourth-order valence-corrected chi connectivity index (χ4v) is 3.53. The van der Waals surface area contributed by atoms with E-state index in [4.69, 9.17) is 5.73 Å². The summed E-state index contributed by atoms with van der Waals surface area (Å²) in [4.78, 5) is 9.20. The largest absolute Gasteiger partial charge is 0.397 e. The van der Waals surface area contributed by atoms with E-state index in [9.17, 15) is 0 Å². The van der Waals surface area contributed by atoms with Crippen molar-refractivity contribution in [2.75, 3.05) is 49.2 Å². The molecule has 1 aromatic heterocycles. The fourth-order valence-electron chi connectivity index (χ4n) is 3.53. The Morgan fingerprint density at radius 2 is 1.76 bits per heavy atom. The molecule has 1 aliphatic heterocycles. The summed E-state index contributed by atoms with van der Waals surface area (Å²) in [5, 5.41) is 3.37. The maximum Gasteiger partial charge on any atom is 0.0702 e. The Balaban J connectivity index is 1.48. The Labute approximate surface area is 172 Å². The highest BCUT2D eigenvalue weighted by Gasteiger charge is 2.14. The third-order valence-corrected chi connectivity index (χ3v) is 5.38. The summed E-state index contributed by atoms with van der Waals surface area (Å²) in [5.74, 6) is 0. The van der Waals surface area contributed by atoms with Crippen LogP contribution in [0.3, 0.4) is 0 Å². The summed E-state index contributed by atoms with van der Waals surface area (Å²) in [6.07, 6.45) is 1.79. The normalized spacial score (nSPS) is 14.6. The zero-order chi connectivity index (χ0) is 20.2. The van der Waals surface area contributed by atoms with E-state index in [0.29, 0.717) is 5.69 Å². The van der Waals surface area contributed by atoms with Gasteiger partial charge in [0.25, 0.3) is 0 Å². The lowest BCUT2D eigenvalue weighted by Crippen LogP contribution is -2.44. The molecule has 29 heavy (non-hydrogen) atoms. The van der Waals surface area contributed by atoms with Crippen LogP contribution in [-0.4, -0.2) is 43.1 Å². The molecule has 0 amide bonds. The van der Waals surface area contributed by atoms with Gasteiger partial charge in [-0.15, -0.1) is 0 Å². The molecule has 1 fully saturated rings. The lowest BCUT2D eigenvalue weighted by molar-refractivity contribution is 0.313. The molecule has 0 saturated carbocycles. The van der Waals surface area contributed by atoms with Crippen molar-refractivity contribution in [3.63, 3.8) is 0 Å². The van der Waals surface area contributed by atoms with Crippen LogP contribution in [0.4, 0.5) is 17.1 Å². The molecule has 148 valence electrons. The SMILES string of the molecule is C=C(Nc1cc(-c2ccccn2)ccc1N)c1ccc(N2CCN(C)CC2)cc1. The maximum atomic E-state index is 6.19. The third-order valence-electron chi connectivity index (χ3n) is 5.38. The maximum absolute atomic E-state index is 6.19. The second-order valence-corrected chi connectivity index (χ2v) is 7.46. The van der Waals surface area contributed by atoms with Crippen LogP contribution in [0, 0.1) is 0 Å². The van der Waals surface area contributed by atoms with Gasteiger partial charge in [-0.1, -0.05) is 30.8 Å². The van der Waals surface area contributed by atoms with Crippen molar-refractivity contribution in [2.24, 2.45) is 0 Å². The van der Waals surface area contributed by atoms with E-state index in [1.807, 2.05) is 36.4 Å². The molecule has 1 saturated heterocycles. The molecule has 0 radical (unpaired) electrons. The van der Waals surface area contributed by atoms with Gasteiger partial charge in [-0.3, -0.25) is 4.98 Å². The minimum Gasteiger partial charge on any atom is -0.397 e. The van der Waals surface area contributed by atoms with Gasteiger partial charge in [0.2, 0.25) is 0 Å². The van der Waals surface area contributed by atoms with Crippen LogP contribution in [0.15, 0.2) is 73.4 Å². The topological polar surface area (TPSA) is 57.4 Å². The van der Waals surface area contributed by atoms with Crippen LogP contribution < -0.4 is 16.0 Å². The molecule has 0 unspecified atom stereocenters. The number of hydrogen-bond acceptors (Lipinski definition) is 5. The number of nitrogen functional groups attached to an aromatic ring is 1. The molecule has 0 spiro atoms. The minimum atomic E-state index is 0.680. The molecule has 4 rings (SSSR count). The minimum absolute atomic E-state index is 0.680. The van der Waals surface area contributed by atoms with Gasteiger partial charge in [-0.25, -0.2) is 0 Å². The first-order valence-electron chi connectivity index (χ1n) is 9.91. The van der Waals surface area contributed by atoms with E-state index in [-0.39, 0.29) is 0 Å². The second-order valence-electron chi connectivity index (χ2n) is 7.46. The van der Waals surface area contributed by atoms with Crippen molar-refractivity contribution in [1.29, 1.82) is 0 Å². The predicted octanol–water partition coefficient (Wildman–Crippen LogP) is 4.17. The number of aromatic nitrogens is 1. The number of piperazine rings is 1. The van der Waals surface area contributed by atoms with Crippen molar-refractivity contribution in [3.05, 3.63) is 79.0 Å². The number of hydrogen-bond donors (Lipinski definition) is 2. The molecular weight excluding hydrogens is 358 g/mol. The Morgan fingerprint density at radius 3 is 2.45 bits per heavy atom. The number of rotatable bonds is 5. The first-order chi connectivity index (χ1) is 14.1. The first kappa shape index (κ1) is 19.0. The Morgan fingerprint density at radius 1 is 1.00 bits per heavy atom. The van der Waals surface area contributed by atoms with Crippen LogP contribution in [0.5, 0.6) is 0 Å². The highest BCUT2D eigenvalue weighted by molar-refractivity contribution is 5.84. The van der Waals surface area contributed by atoms with Crippen molar-refractivity contribution in [3.8, 4) is 11.3 Å². The van der Waals surface area contributed by atoms with Crippen molar-refractivity contribution in [2.45, 2.75) is 0 Å². The number of anilines is 3. The molecule has 3 N–H and O–H groups in total. The Bertz CT molecular complexity index is 974. The van der Waals surface area contributed by atoms with Crippen molar-refractivity contribution < 1.29 is 0 Å². The Hall–Kier alpha value is -3.31. The van der Waals surface area contributed by atoms with Gasteiger partial charge in [0.1, 0.15) is 0 Å². The van der Waals surface area contributed by atoms with E-state index >= 15 is 0 Å². The molecule has 0 atom stereocenters. The summed E-state index contributed by atoms with van der Waals surface area (Å²) in [5.41, 5.74) is 12.8. The van der Waals surface area contributed by atoms with Crippen LogP contribution in [-0.2, 0) is 0 Å².